The van der Waals surface area contributed by atoms with E-state index in [4.69, 9.17) is 0 Å². The van der Waals surface area contributed by atoms with Gasteiger partial charge in [0.05, 0.1) is 6.54 Å². The third kappa shape index (κ3) is 4.94. The summed E-state index contributed by atoms with van der Waals surface area (Å²) < 4.78 is 29.2. The van der Waals surface area contributed by atoms with Gasteiger partial charge in [-0.15, -0.1) is 0 Å². The first kappa shape index (κ1) is 22.7. The van der Waals surface area contributed by atoms with Crippen molar-refractivity contribution in [2.24, 2.45) is 0 Å². The number of fused-ring (bicyclic) bond motifs is 1. The fourth-order valence-electron chi connectivity index (χ4n) is 4.17. The lowest BCUT2D eigenvalue weighted by Gasteiger charge is -2.32. The molecule has 0 bridgehead atoms. The average Bonchev–Trinajstić information content (AvgIpc) is 3.07. The van der Waals surface area contributed by atoms with Crippen LogP contribution in [0.25, 0.3) is 0 Å². The zero-order valence-corrected chi connectivity index (χ0v) is 19.5. The lowest BCUT2D eigenvalue weighted by Crippen LogP contribution is -2.45. The fourth-order valence-corrected chi connectivity index (χ4v) is 4.43. The second kappa shape index (κ2) is 8.78. The molecular weight excluding hydrogens is 482 g/mol. The third-order valence-electron chi connectivity index (χ3n) is 6.09. The van der Waals surface area contributed by atoms with Crippen LogP contribution in [-0.2, 0) is 17.8 Å². The smallest absolute Gasteiger partial charge is 0.322 e. The number of anilines is 2. The number of rotatable bonds is 3. The number of hydrogen-bond donors (Lipinski definition) is 2. The minimum atomic E-state index is -3.13. The molecule has 2 aromatic carbocycles. The zero-order chi connectivity index (χ0) is 23.0. The Morgan fingerprint density at radius 2 is 1.75 bits per heavy atom. The van der Waals surface area contributed by atoms with Crippen LogP contribution in [0.1, 0.15) is 24.5 Å². The molecule has 2 aliphatic heterocycles. The Morgan fingerprint density at radius 1 is 1.06 bits per heavy atom. The van der Waals surface area contributed by atoms with Crippen molar-refractivity contribution in [1.29, 1.82) is 0 Å². The number of likely N-dealkylation sites (N-methyl/N-ethyl adjacent to an activating group) is 1. The molecule has 0 saturated carbocycles. The molecule has 4 rings (SSSR count). The van der Waals surface area contributed by atoms with E-state index in [1.54, 1.807) is 30.3 Å². The summed E-state index contributed by atoms with van der Waals surface area (Å²) >= 11 is 3.30. The molecule has 2 aliphatic rings. The number of urea groups is 1. The van der Waals surface area contributed by atoms with Crippen LogP contribution >= 0.6 is 15.9 Å². The van der Waals surface area contributed by atoms with Crippen molar-refractivity contribution >= 4 is 39.2 Å². The Labute approximate surface area is 194 Å². The summed E-state index contributed by atoms with van der Waals surface area (Å²) in [5.74, 6) is -3.75. The molecule has 2 heterocycles. The van der Waals surface area contributed by atoms with Crippen LogP contribution in [0.3, 0.4) is 0 Å². The molecule has 1 unspecified atom stereocenters. The van der Waals surface area contributed by atoms with Crippen molar-refractivity contribution in [2.45, 2.75) is 44.3 Å². The highest BCUT2D eigenvalue weighted by molar-refractivity contribution is 9.10. The molecule has 170 valence electrons. The van der Waals surface area contributed by atoms with Crippen LogP contribution in [0.5, 0.6) is 0 Å². The van der Waals surface area contributed by atoms with Gasteiger partial charge in [0.15, 0.2) is 0 Å². The van der Waals surface area contributed by atoms with E-state index in [9.17, 15) is 18.4 Å². The largest absolute Gasteiger partial charge is 0.324 e. The maximum atomic E-state index is 14.2. The quantitative estimate of drug-likeness (QED) is 0.633. The molecule has 0 radical (unpaired) electrons. The summed E-state index contributed by atoms with van der Waals surface area (Å²) in [6.45, 7) is 2.15. The summed E-state index contributed by atoms with van der Waals surface area (Å²) in [5.41, 5.74) is 3.33. The normalized spacial score (nSPS) is 22.3. The van der Waals surface area contributed by atoms with Gasteiger partial charge in [-0.3, -0.25) is 9.69 Å². The Bertz CT molecular complexity index is 1030. The summed E-state index contributed by atoms with van der Waals surface area (Å²) in [7, 11) is 2.07. The molecule has 32 heavy (non-hydrogen) atoms. The van der Waals surface area contributed by atoms with Gasteiger partial charge in [0, 0.05) is 34.9 Å². The molecule has 1 saturated heterocycles. The van der Waals surface area contributed by atoms with Crippen LogP contribution in [0, 0.1) is 0 Å². The van der Waals surface area contributed by atoms with Gasteiger partial charge >= 0.3 is 6.03 Å². The number of nitrogens with one attached hydrogen (secondary N) is 2. The van der Waals surface area contributed by atoms with Crippen LogP contribution in [0.15, 0.2) is 46.9 Å². The predicted molar refractivity (Wildman–Crippen MR) is 123 cm³/mol. The lowest BCUT2D eigenvalue weighted by molar-refractivity contribution is -0.119. The Kier molecular flexibility index (Phi) is 6.22. The van der Waals surface area contributed by atoms with Gasteiger partial charge < -0.3 is 15.5 Å². The number of carbonyl (C=O) groups is 2. The predicted octanol–water partition coefficient (Wildman–Crippen LogP) is 4.71. The second-order valence-electron chi connectivity index (χ2n) is 8.58. The van der Waals surface area contributed by atoms with Crippen molar-refractivity contribution in [1.82, 2.24) is 9.80 Å². The SMILES string of the molecule is CC1Cc2cc(NC(=O)[C@H]3CC(F)(F)CN3C(=O)Nc3ccc(Br)cc3)ccc2CN1C. The molecule has 0 aliphatic carbocycles. The highest BCUT2D eigenvalue weighted by atomic mass is 79.9. The van der Waals surface area contributed by atoms with E-state index in [1.807, 2.05) is 12.1 Å². The number of amides is 3. The number of likely N-dealkylation sites (tertiary alicyclic amines) is 1. The molecule has 2 N–H and O–H groups in total. The van der Waals surface area contributed by atoms with Crippen LogP contribution in [0.2, 0.25) is 0 Å². The van der Waals surface area contributed by atoms with Crippen LogP contribution < -0.4 is 10.6 Å². The number of hydrogen-bond acceptors (Lipinski definition) is 3. The second-order valence-corrected chi connectivity index (χ2v) is 9.50. The summed E-state index contributed by atoms with van der Waals surface area (Å²) in [6.07, 6.45) is 0.137. The Morgan fingerprint density at radius 3 is 2.47 bits per heavy atom. The summed E-state index contributed by atoms with van der Waals surface area (Å²) in [5, 5.41) is 5.34. The lowest BCUT2D eigenvalue weighted by atomic mass is 9.95. The van der Waals surface area contributed by atoms with Gasteiger partial charge in [-0.25, -0.2) is 13.6 Å². The fraction of sp³-hybridized carbons (Fsp3) is 0.391. The van der Waals surface area contributed by atoms with Gasteiger partial charge in [0.25, 0.3) is 5.92 Å². The van der Waals surface area contributed by atoms with Crippen molar-refractivity contribution in [3.05, 3.63) is 58.1 Å². The van der Waals surface area contributed by atoms with Crippen LogP contribution in [-0.4, -0.2) is 53.3 Å². The first-order valence-electron chi connectivity index (χ1n) is 10.5. The van der Waals surface area contributed by atoms with Crippen molar-refractivity contribution in [3.63, 3.8) is 0 Å². The standard InChI is InChI=1S/C23H25BrF2N4O2/c1-14-9-16-10-19(6-3-15(16)12-29(14)2)27-21(31)20-11-23(25,26)13-30(20)22(32)28-18-7-4-17(24)5-8-18/h3-8,10,14,20H,9,11-13H2,1-2H3,(H,27,31)(H,28,32)/t14?,20-/m1/s1. The first-order chi connectivity index (χ1) is 15.1. The maximum absolute atomic E-state index is 14.2. The van der Waals surface area contributed by atoms with E-state index in [-0.39, 0.29) is 0 Å². The molecule has 0 spiro atoms. The highest BCUT2D eigenvalue weighted by Crippen LogP contribution is 2.33. The van der Waals surface area contributed by atoms with E-state index < -0.39 is 36.9 Å². The van der Waals surface area contributed by atoms with Crippen LogP contribution in [0.4, 0.5) is 25.0 Å². The third-order valence-corrected chi connectivity index (χ3v) is 6.62. The molecule has 9 heteroatoms. The minimum absolute atomic E-state index is 0.375. The maximum Gasteiger partial charge on any atom is 0.322 e. The van der Waals surface area contributed by atoms with E-state index >= 15 is 0 Å². The number of nitrogens with zero attached hydrogens (tertiary/aromatic N) is 2. The average molecular weight is 507 g/mol. The van der Waals surface area contributed by atoms with Gasteiger partial charge in [-0.1, -0.05) is 22.0 Å². The molecule has 2 atom stereocenters. The molecule has 3 amide bonds. The topological polar surface area (TPSA) is 64.7 Å². The van der Waals surface area contributed by atoms with E-state index in [2.05, 4.69) is 45.4 Å². The Balaban J connectivity index is 1.48. The van der Waals surface area contributed by atoms with Gasteiger partial charge in [0.2, 0.25) is 5.91 Å². The summed E-state index contributed by atoms with van der Waals surface area (Å²) in [4.78, 5) is 28.8. The number of benzene rings is 2. The van der Waals surface area contributed by atoms with E-state index in [0.717, 1.165) is 27.9 Å². The van der Waals surface area contributed by atoms with Crippen molar-refractivity contribution in [3.8, 4) is 0 Å². The minimum Gasteiger partial charge on any atom is -0.324 e. The molecule has 2 aromatic rings. The number of carbonyl (C=O) groups excluding carboxylic acids is 2. The van der Waals surface area contributed by atoms with E-state index in [0.29, 0.717) is 17.4 Å². The van der Waals surface area contributed by atoms with Gasteiger partial charge in [-0.2, -0.15) is 0 Å². The first-order valence-corrected chi connectivity index (χ1v) is 11.2. The molecule has 6 nitrogen and oxygen atoms in total. The van der Waals surface area contributed by atoms with E-state index in [1.165, 1.54) is 5.56 Å². The molecule has 0 aromatic heterocycles. The summed E-state index contributed by atoms with van der Waals surface area (Å²) in [6, 6.07) is 10.8. The van der Waals surface area contributed by atoms with Gasteiger partial charge in [-0.05, 0) is 67.9 Å². The monoisotopic (exact) mass is 506 g/mol. The zero-order valence-electron chi connectivity index (χ0n) is 17.9. The molecule has 1 fully saturated rings. The van der Waals surface area contributed by atoms with Gasteiger partial charge in [0.1, 0.15) is 6.04 Å². The van der Waals surface area contributed by atoms with Crippen molar-refractivity contribution < 1.29 is 18.4 Å². The number of halogens is 3. The Hall–Kier alpha value is -2.52. The molecular formula is C23H25BrF2N4O2. The highest BCUT2D eigenvalue weighted by Gasteiger charge is 2.50. The number of alkyl halides is 2. The van der Waals surface area contributed by atoms with Crippen molar-refractivity contribution in [2.75, 3.05) is 24.2 Å².